The summed E-state index contributed by atoms with van der Waals surface area (Å²) in [7, 11) is -16.7. The van der Waals surface area contributed by atoms with Gasteiger partial charge in [0.05, 0.1) is 24.4 Å². The first-order chi connectivity index (χ1) is 23.9. The minimum atomic E-state index is -5.70. The number of H-pyrrole nitrogens is 1. The number of phosphoric ester groups is 1. The summed E-state index contributed by atoms with van der Waals surface area (Å²) in [6.45, 7) is 0.544. The zero-order valence-electron chi connectivity index (χ0n) is 25.9. The number of anilines is 1. The Balaban J connectivity index is 0.000000249. The molecule has 2 fully saturated rings. The molecule has 5 rings (SSSR count). The van der Waals surface area contributed by atoms with Gasteiger partial charge >= 0.3 is 35.3 Å². The van der Waals surface area contributed by atoms with Crippen LogP contribution in [0.25, 0.3) is 10.4 Å². The Bertz CT molecular complexity index is 2110. The lowest BCUT2D eigenvalue weighted by Crippen LogP contribution is -2.49. The zero-order valence-corrected chi connectivity index (χ0v) is 30.1. The number of phosphoric acid groups is 3. The number of halogens is 4. The van der Waals surface area contributed by atoms with Gasteiger partial charge in [-0.3, -0.25) is 18.9 Å². The van der Waals surface area contributed by atoms with E-state index < -0.39 is 71.5 Å². The fraction of sp³-hybridized carbons (Fsp3) is 0.458. The van der Waals surface area contributed by atoms with Gasteiger partial charge in [-0.1, -0.05) is 22.6 Å². The van der Waals surface area contributed by atoms with Gasteiger partial charge < -0.3 is 34.4 Å². The van der Waals surface area contributed by atoms with Crippen LogP contribution in [0.3, 0.4) is 0 Å². The third kappa shape index (κ3) is 10.7. The highest BCUT2D eigenvalue weighted by Crippen LogP contribution is 2.66. The van der Waals surface area contributed by atoms with Crippen molar-refractivity contribution in [1.29, 1.82) is 0 Å². The van der Waals surface area contributed by atoms with Crippen molar-refractivity contribution in [3.8, 4) is 11.8 Å². The molecule has 3 aliphatic rings. The van der Waals surface area contributed by atoms with Crippen molar-refractivity contribution in [3.05, 3.63) is 71.8 Å². The van der Waals surface area contributed by atoms with E-state index in [1.54, 1.807) is 0 Å². The van der Waals surface area contributed by atoms with Crippen molar-refractivity contribution in [2.75, 3.05) is 11.9 Å². The molecule has 0 radical (unpaired) electrons. The van der Waals surface area contributed by atoms with Crippen LogP contribution in [-0.4, -0.2) is 59.2 Å². The molecule has 1 saturated carbocycles. The van der Waals surface area contributed by atoms with Crippen LogP contribution in [0.1, 0.15) is 36.6 Å². The molecule has 0 spiro atoms. The van der Waals surface area contributed by atoms with Gasteiger partial charge in [0.15, 0.2) is 0 Å². The van der Waals surface area contributed by atoms with Gasteiger partial charge in [0.25, 0.3) is 16.3 Å². The molecule has 1 saturated heterocycles. The van der Waals surface area contributed by atoms with Crippen LogP contribution in [0.15, 0.2) is 39.1 Å². The largest absolute Gasteiger partial charge is 0.490 e. The van der Waals surface area contributed by atoms with Gasteiger partial charge in [-0.05, 0) is 61.6 Å². The number of rotatable bonds is 9. The Labute approximate surface area is 299 Å². The standard InChI is InChI=1S/C14H9ClF3NOS.C10H16N5O13P3/c15-9-3-4-11-10(7-9)13(14(16,17)18,20-12(21)19-11)6-5-8-1-2-8;1-5-3-15(10(17)12-9(5)16)8-2-6(13-14-11)7(26-8)4-25-30(21,22)28-31(23,24)27-29(18,19)20/h3-4,7-8H,1-2H2,(H,19,21);3,6-8H,2,4H2,1H3,(H,21,22)(H,23,24)(H,12,16,17)(H2,18,19,20)/t13-;6-,7+,8+/m00/s1. The molecule has 3 heterocycles. The maximum Gasteiger partial charge on any atom is 0.490 e. The molecule has 6 N–H and O–H groups in total. The van der Waals surface area contributed by atoms with Crippen molar-refractivity contribution in [2.24, 2.45) is 11.0 Å². The lowest BCUT2D eigenvalue weighted by molar-refractivity contribution is -0.234. The second kappa shape index (κ2) is 15.7. The number of hydrogen-bond acceptors (Lipinski definition) is 12. The van der Waals surface area contributed by atoms with E-state index in [0.717, 1.165) is 17.4 Å². The highest BCUT2D eigenvalue weighted by molar-refractivity contribution is 7.80. The zero-order chi connectivity index (χ0) is 38.9. The van der Waals surface area contributed by atoms with Gasteiger partial charge in [0.1, 0.15) is 6.23 Å². The van der Waals surface area contributed by atoms with E-state index in [0.29, 0.717) is 0 Å². The number of benzene rings is 1. The maximum atomic E-state index is 13.7. The molecule has 284 valence electrons. The quantitative estimate of drug-likeness (QED) is 0.0510. The lowest BCUT2D eigenvalue weighted by Gasteiger charge is -2.37. The van der Waals surface area contributed by atoms with Gasteiger partial charge in [-0.15, -0.1) is 0 Å². The average Bonchev–Trinajstić information content (AvgIpc) is 3.74. The van der Waals surface area contributed by atoms with E-state index in [2.05, 4.69) is 40.3 Å². The molecule has 2 unspecified atom stereocenters. The van der Waals surface area contributed by atoms with Crippen molar-refractivity contribution >= 4 is 58.1 Å². The minimum absolute atomic E-state index is 0.00100. The molecular weight excluding hydrogens is 814 g/mol. The predicted octanol–water partition coefficient (Wildman–Crippen LogP) is 4.39. The number of aromatic nitrogens is 2. The summed E-state index contributed by atoms with van der Waals surface area (Å²) in [6.07, 6.45) is -4.37. The average molecular weight is 839 g/mol. The summed E-state index contributed by atoms with van der Waals surface area (Å²) in [5, 5.41) is 5.84. The van der Waals surface area contributed by atoms with Gasteiger partial charge in [-0.25, -0.2) is 18.5 Å². The van der Waals surface area contributed by atoms with E-state index >= 15 is 0 Å². The van der Waals surface area contributed by atoms with Crippen LogP contribution in [-0.2, 0) is 41.9 Å². The fourth-order valence-corrected chi connectivity index (χ4v) is 7.98. The predicted molar refractivity (Wildman–Crippen MR) is 174 cm³/mol. The van der Waals surface area contributed by atoms with Crippen LogP contribution in [0.5, 0.6) is 0 Å². The molecule has 0 amide bonds. The van der Waals surface area contributed by atoms with Gasteiger partial charge in [0.2, 0.25) is 0 Å². The first kappa shape index (κ1) is 41.7. The number of ether oxygens (including phenoxy) is 2. The van der Waals surface area contributed by atoms with E-state index in [9.17, 15) is 41.3 Å². The second-order valence-corrected chi connectivity index (χ2v) is 16.2. The third-order valence-electron chi connectivity index (χ3n) is 6.95. The van der Waals surface area contributed by atoms with Crippen LogP contribution < -0.4 is 16.6 Å². The fourth-order valence-electron chi connectivity index (χ4n) is 4.55. The molecule has 20 nitrogen and oxygen atoms in total. The first-order valence-electron chi connectivity index (χ1n) is 14.1. The Morgan fingerprint density at radius 2 is 1.87 bits per heavy atom. The first-order valence-corrected chi connectivity index (χ1v) is 19.4. The summed E-state index contributed by atoms with van der Waals surface area (Å²) in [5.41, 5.74) is 4.66. The number of fused-ring (bicyclic) bond motifs is 1. The normalized spacial score (nSPS) is 24.9. The summed E-state index contributed by atoms with van der Waals surface area (Å²) in [6, 6.07) is 3.09. The molecule has 28 heteroatoms. The van der Waals surface area contributed by atoms with Gasteiger partial charge in [-0.2, -0.15) is 21.8 Å². The van der Waals surface area contributed by atoms with Crippen LogP contribution in [0.4, 0.5) is 18.9 Å². The number of nitrogens with zero attached hydrogens (tertiary/aromatic N) is 4. The van der Waals surface area contributed by atoms with E-state index in [-0.39, 0.29) is 39.4 Å². The van der Waals surface area contributed by atoms with Crippen LogP contribution in [0, 0.1) is 24.7 Å². The summed E-state index contributed by atoms with van der Waals surface area (Å²) >= 11 is 10.6. The number of aryl methyl sites for hydroxylation is 1. The van der Waals surface area contributed by atoms with Crippen molar-refractivity contribution in [2.45, 2.75) is 56.3 Å². The lowest BCUT2D eigenvalue weighted by atomic mass is 9.90. The monoisotopic (exact) mass is 838 g/mol. The van der Waals surface area contributed by atoms with Crippen LogP contribution in [0.2, 0.25) is 5.02 Å². The molecule has 1 aliphatic carbocycles. The Hall–Kier alpha value is -3.09. The Morgan fingerprint density at radius 3 is 2.46 bits per heavy atom. The molecule has 1 aromatic heterocycles. The molecule has 6 atom stereocenters. The number of thiocarbonyl (C=S) groups is 1. The van der Waals surface area contributed by atoms with Crippen molar-refractivity contribution in [1.82, 2.24) is 9.55 Å². The Morgan fingerprint density at radius 1 is 1.19 bits per heavy atom. The molecular formula is C24H25ClF3N6O14P3S. The molecule has 52 heavy (non-hydrogen) atoms. The Kier molecular flexibility index (Phi) is 12.6. The maximum absolute atomic E-state index is 13.7. The minimum Gasteiger partial charge on any atom is -0.436 e. The van der Waals surface area contributed by atoms with E-state index in [1.165, 1.54) is 31.3 Å². The number of aromatic amines is 1. The smallest absolute Gasteiger partial charge is 0.436 e. The van der Waals surface area contributed by atoms with Gasteiger partial charge in [0, 0.05) is 39.6 Å². The molecule has 2 aromatic rings. The highest BCUT2D eigenvalue weighted by Gasteiger charge is 2.61. The van der Waals surface area contributed by atoms with Crippen LogP contribution >= 0.6 is 47.3 Å². The van der Waals surface area contributed by atoms with Crippen molar-refractivity contribution < 1.29 is 69.1 Å². The van der Waals surface area contributed by atoms with Crippen molar-refractivity contribution in [3.63, 3.8) is 0 Å². The number of azide groups is 1. The highest BCUT2D eigenvalue weighted by atomic mass is 35.5. The SMILES string of the molecule is Cc1cn([C@H]2C[C@H](N=[N+]=[N-])[C@@H](COP(=O)(O)OP(=O)(O)OP(=O)(O)O)O2)c(=O)[nH]c1=O.FC(F)(F)[C@@]1(C#CC2CC2)OC(=S)Nc2ccc(Cl)cc21. The third-order valence-corrected chi connectivity index (χ3v) is 11.2. The molecule has 0 bridgehead atoms. The topological polar surface area (TPSA) is 294 Å². The summed E-state index contributed by atoms with van der Waals surface area (Å²) in [4.78, 5) is 63.7. The number of hydrogen-bond donors (Lipinski definition) is 6. The number of nitrogens with one attached hydrogen (secondary N) is 2. The van der Waals surface area contributed by atoms with E-state index in [1.807, 2.05) is 4.98 Å². The number of alkyl halides is 3. The second-order valence-electron chi connectivity index (χ2n) is 10.9. The van der Waals surface area contributed by atoms with E-state index in [4.69, 9.17) is 53.5 Å². The molecule has 1 aromatic carbocycles. The summed E-state index contributed by atoms with van der Waals surface area (Å²) < 4.78 is 97.9. The summed E-state index contributed by atoms with van der Waals surface area (Å²) in [5.74, 6) is 4.90. The molecule has 2 aliphatic heterocycles.